The normalized spacial score (nSPS) is 13.6. The Labute approximate surface area is 84.5 Å². The Morgan fingerprint density at radius 3 is 2.43 bits per heavy atom. The molecule has 5 heteroatoms. The third-order valence-electron chi connectivity index (χ3n) is 2.08. The average molecular weight is 204 g/mol. The second kappa shape index (κ2) is 6.75. The lowest BCUT2D eigenvalue weighted by atomic mass is 10.2. The van der Waals surface area contributed by atoms with Crippen molar-refractivity contribution in [1.29, 1.82) is 0 Å². The highest BCUT2D eigenvalue weighted by Crippen LogP contribution is 2.00. The van der Waals surface area contributed by atoms with Crippen LogP contribution in [-0.2, 0) is 4.79 Å². The molecule has 0 amide bonds. The zero-order valence-corrected chi connectivity index (χ0v) is 8.81. The van der Waals surface area contributed by atoms with Gasteiger partial charge in [0.05, 0.1) is 0 Å². The van der Waals surface area contributed by atoms with Crippen LogP contribution < -0.4 is 5.73 Å². The number of carboxylic acid groups (broad SMARTS) is 1. The molecule has 0 aliphatic heterocycles. The van der Waals surface area contributed by atoms with Gasteiger partial charge in [0, 0.05) is 25.7 Å². The molecule has 14 heavy (non-hydrogen) atoms. The molecule has 0 saturated carbocycles. The van der Waals surface area contributed by atoms with E-state index in [1.165, 1.54) is 0 Å². The summed E-state index contributed by atoms with van der Waals surface area (Å²) in [6.07, 6.45) is 0.643. The molecule has 4 N–H and O–H groups in total. The molecule has 0 bridgehead atoms. The van der Waals surface area contributed by atoms with E-state index in [4.69, 9.17) is 15.9 Å². The number of aliphatic carboxylic acids is 1. The van der Waals surface area contributed by atoms with E-state index in [2.05, 4.69) is 0 Å². The average Bonchev–Trinajstić information content (AvgIpc) is 2.10. The molecule has 0 aromatic carbocycles. The molecule has 0 saturated heterocycles. The van der Waals surface area contributed by atoms with Gasteiger partial charge in [-0.1, -0.05) is 0 Å². The summed E-state index contributed by atoms with van der Waals surface area (Å²) in [4.78, 5) is 12.5. The standard InChI is InChI=1S/C9H20N2O3/c1-7(2)11(4-3-5-12)6-8(10)9(13)14/h7-8,12H,3-6,10H2,1-2H3,(H,13,14). The molecular weight excluding hydrogens is 184 g/mol. The quantitative estimate of drug-likeness (QED) is 0.520. The van der Waals surface area contributed by atoms with Gasteiger partial charge in [0.1, 0.15) is 6.04 Å². The molecule has 0 aromatic rings. The minimum Gasteiger partial charge on any atom is -0.480 e. The summed E-state index contributed by atoms with van der Waals surface area (Å²) >= 11 is 0. The maximum absolute atomic E-state index is 10.5. The third kappa shape index (κ3) is 5.16. The molecule has 0 radical (unpaired) electrons. The summed E-state index contributed by atoms with van der Waals surface area (Å²) in [5.41, 5.74) is 5.42. The van der Waals surface area contributed by atoms with Gasteiger partial charge in [-0.15, -0.1) is 0 Å². The Hall–Kier alpha value is -0.650. The van der Waals surface area contributed by atoms with Gasteiger partial charge in [-0.2, -0.15) is 0 Å². The summed E-state index contributed by atoms with van der Waals surface area (Å²) in [6, 6.07) is -0.608. The third-order valence-corrected chi connectivity index (χ3v) is 2.08. The van der Waals surface area contributed by atoms with E-state index in [1.807, 2.05) is 18.7 Å². The van der Waals surface area contributed by atoms with Crippen LogP contribution in [0, 0.1) is 0 Å². The van der Waals surface area contributed by atoms with Crippen molar-refractivity contribution < 1.29 is 15.0 Å². The fourth-order valence-corrected chi connectivity index (χ4v) is 1.16. The second-order valence-corrected chi connectivity index (χ2v) is 3.61. The highest BCUT2D eigenvalue weighted by atomic mass is 16.4. The minimum atomic E-state index is -0.986. The predicted octanol–water partition coefficient (Wildman–Crippen LogP) is -0.509. The Bertz CT molecular complexity index is 173. The summed E-state index contributed by atoms with van der Waals surface area (Å²) in [6.45, 7) is 5.07. The van der Waals surface area contributed by atoms with Crippen molar-refractivity contribution in [1.82, 2.24) is 4.90 Å². The van der Waals surface area contributed by atoms with Crippen LogP contribution in [-0.4, -0.2) is 52.9 Å². The Balaban J connectivity index is 4.02. The first-order valence-corrected chi connectivity index (χ1v) is 4.82. The zero-order valence-electron chi connectivity index (χ0n) is 8.81. The molecular formula is C9H20N2O3. The van der Waals surface area contributed by atoms with E-state index in [0.29, 0.717) is 19.5 Å². The van der Waals surface area contributed by atoms with Gasteiger partial charge in [0.25, 0.3) is 0 Å². The van der Waals surface area contributed by atoms with E-state index in [-0.39, 0.29) is 12.6 Å². The lowest BCUT2D eigenvalue weighted by Crippen LogP contribution is -2.45. The number of carboxylic acids is 1. The SMILES string of the molecule is CC(C)N(CCCO)CC(N)C(=O)O. The van der Waals surface area contributed by atoms with Gasteiger partial charge >= 0.3 is 5.97 Å². The molecule has 0 heterocycles. The van der Waals surface area contributed by atoms with Crippen LogP contribution in [0.4, 0.5) is 0 Å². The lowest BCUT2D eigenvalue weighted by Gasteiger charge is -2.27. The monoisotopic (exact) mass is 204 g/mol. The van der Waals surface area contributed by atoms with Crippen LogP contribution in [0.25, 0.3) is 0 Å². The van der Waals surface area contributed by atoms with Crippen molar-refractivity contribution >= 4 is 5.97 Å². The number of aliphatic hydroxyl groups excluding tert-OH is 1. The van der Waals surface area contributed by atoms with Crippen LogP contribution in [0.2, 0.25) is 0 Å². The minimum absolute atomic E-state index is 0.117. The van der Waals surface area contributed by atoms with Crippen LogP contribution in [0.1, 0.15) is 20.3 Å². The zero-order chi connectivity index (χ0) is 11.1. The van der Waals surface area contributed by atoms with Crippen molar-refractivity contribution in [3.8, 4) is 0 Å². The molecule has 0 spiro atoms. The first-order valence-electron chi connectivity index (χ1n) is 4.82. The molecule has 1 atom stereocenters. The van der Waals surface area contributed by atoms with Gasteiger partial charge in [0.15, 0.2) is 0 Å². The number of rotatable bonds is 7. The topological polar surface area (TPSA) is 86.8 Å². The summed E-state index contributed by atoms with van der Waals surface area (Å²) in [5, 5.41) is 17.3. The maximum Gasteiger partial charge on any atom is 0.321 e. The maximum atomic E-state index is 10.5. The largest absolute Gasteiger partial charge is 0.480 e. The number of hydrogen-bond acceptors (Lipinski definition) is 4. The predicted molar refractivity (Wildman–Crippen MR) is 54.0 cm³/mol. The van der Waals surface area contributed by atoms with E-state index in [0.717, 1.165) is 0 Å². The fourth-order valence-electron chi connectivity index (χ4n) is 1.16. The Morgan fingerprint density at radius 2 is 2.07 bits per heavy atom. The van der Waals surface area contributed by atoms with Crippen molar-refractivity contribution in [3.63, 3.8) is 0 Å². The fraction of sp³-hybridized carbons (Fsp3) is 0.889. The van der Waals surface area contributed by atoms with E-state index >= 15 is 0 Å². The van der Waals surface area contributed by atoms with Gasteiger partial charge < -0.3 is 15.9 Å². The molecule has 0 rings (SSSR count). The molecule has 5 nitrogen and oxygen atoms in total. The Kier molecular flexibility index (Phi) is 6.44. The number of hydrogen-bond donors (Lipinski definition) is 3. The van der Waals surface area contributed by atoms with Gasteiger partial charge in [-0.05, 0) is 20.3 Å². The summed E-state index contributed by atoms with van der Waals surface area (Å²) in [5.74, 6) is -0.986. The molecule has 0 aliphatic rings. The lowest BCUT2D eigenvalue weighted by molar-refractivity contribution is -0.139. The van der Waals surface area contributed by atoms with Crippen molar-refractivity contribution in [2.45, 2.75) is 32.4 Å². The first kappa shape index (κ1) is 13.4. The summed E-state index contributed by atoms with van der Waals surface area (Å²) < 4.78 is 0. The van der Waals surface area contributed by atoms with Crippen LogP contribution in [0.5, 0.6) is 0 Å². The van der Waals surface area contributed by atoms with Gasteiger partial charge in [-0.25, -0.2) is 0 Å². The van der Waals surface area contributed by atoms with Gasteiger partial charge in [-0.3, -0.25) is 9.69 Å². The molecule has 1 unspecified atom stereocenters. The Morgan fingerprint density at radius 1 is 1.50 bits per heavy atom. The van der Waals surface area contributed by atoms with E-state index in [9.17, 15) is 4.79 Å². The number of aliphatic hydroxyl groups is 1. The van der Waals surface area contributed by atoms with Crippen LogP contribution in [0.15, 0.2) is 0 Å². The van der Waals surface area contributed by atoms with Crippen LogP contribution in [0.3, 0.4) is 0 Å². The molecule has 0 aromatic heterocycles. The molecule has 0 fully saturated rings. The summed E-state index contributed by atoms with van der Waals surface area (Å²) in [7, 11) is 0. The van der Waals surface area contributed by atoms with Crippen LogP contribution >= 0.6 is 0 Å². The highest BCUT2D eigenvalue weighted by Gasteiger charge is 2.17. The van der Waals surface area contributed by atoms with E-state index in [1.54, 1.807) is 0 Å². The first-order chi connectivity index (χ1) is 6.49. The molecule has 84 valence electrons. The number of carbonyl (C=O) groups is 1. The van der Waals surface area contributed by atoms with Crippen molar-refractivity contribution in [2.24, 2.45) is 5.73 Å². The van der Waals surface area contributed by atoms with Gasteiger partial charge in [0.2, 0.25) is 0 Å². The second-order valence-electron chi connectivity index (χ2n) is 3.61. The highest BCUT2D eigenvalue weighted by molar-refractivity contribution is 5.73. The smallest absolute Gasteiger partial charge is 0.321 e. The number of nitrogens with two attached hydrogens (primary N) is 1. The van der Waals surface area contributed by atoms with Crippen molar-refractivity contribution in [3.05, 3.63) is 0 Å². The van der Waals surface area contributed by atoms with Crippen molar-refractivity contribution in [2.75, 3.05) is 19.7 Å². The van der Waals surface area contributed by atoms with E-state index < -0.39 is 12.0 Å². The number of nitrogens with zero attached hydrogens (tertiary/aromatic N) is 1. The molecule has 0 aliphatic carbocycles.